The van der Waals surface area contributed by atoms with E-state index in [0.717, 1.165) is 28.3 Å². The van der Waals surface area contributed by atoms with Crippen molar-refractivity contribution in [2.24, 2.45) is 14.1 Å². The number of aryl methyl sites for hydroxylation is 1. The number of nitrogens with zero attached hydrogens (tertiary/aromatic N) is 3. The fourth-order valence-electron chi connectivity index (χ4n) is 4.96. The fourth-order valence-corrected chi connectivity index (χ4v) is 4.96. The molecule has 3 heterocycles. The van der Waals surface area contributed by atoms with Gasteiger partial charge in [0.2, 0.25) is 0 Å². The Hall–Kier alpha value is -3.84. The zero-order chi connectivity index (χ0) is 24.9. The third-order valence-corrected chi connectivity index (χ3v) is 6.73. The summed E-state index contributed by atoms with van der Waals surface area (Å²) in [6, 6.07) is 17.7. The van der Waals surface area contributed by atoms with Gasteiger partial charge >= 0.3 is 5.69 Å². The van der Waals surface area contributed by atoms with Crippen LogP contribution in [0.15, 0.2) is 70.3 Å². The summed E-state index contributed by atoms with van der Waals surface area (Å²) in [6.45, 7) is 4.62. The van der Waals surface area contributed by atoms with Crippen LogP contribution in [0, 0.1) is 0 Å². The molecule has 0 bridgehead atoms. The van der Waals surface area contributed by atoms with Crippen molar-refractivity contribution < 1.29 is 9.47 Å². The first-order valence-electron chi connectivity index (χ1n) is 11.6. The van der Waals surface area contributed by atoms with Crippen LogP contribution in [0.4, 0.5) is 0 Å². The summed E-state index contributed by atoms with van der Waals surface area (Å²) in [7, 11) is 4.86. The molecule has 180 valence electrons. The Kier molecular flexibility index (Phi) is 5.52. The molecule has 4 aromatic rings. The molecule has 2 aromatic carbocycles. The molecule has 0 N–H and O–H groups in total. The van der Waals surface area contributed by atoms with E-state index in [1.54, 1.807) is 18.7 Å². The highest BCUT2D eigenvalue weighted by atomic mass is 16.5. The quantitative estimate of drug-likeness (QED) is 0.447. The minimum atomic E-state index is -0.457. The third kappa shape index (κ3) is 3.63. The zero-order valence-corrected chi connectivity index (χ0v) is 20.6. The Labute approximate surface area is 203 Å². The second-order valence-electron chi connectivity index (χ2n) is 9.54. The molecule has 35 heavy (non-hydrogen) atoms. The van der Waals surface area contributed by atoms with E-state index in [-0.39, 0.29) is 11.2 Å². The molecule has 5 rings (SSSR count). The summed E-state index contributed by atoms with van der Waals surface area (Å²) in [6.07, 6.45) is 3.57. The lowest BCUT2D eigenvalue weighted by Gasteiger charge is -2.38. The number of fused-ring (bicyclic) bond motifs is 3. The average Bonchev–Trinajstić information content (AvgIpc) is 3.24. The van der Waals surface area contributed by atoms with Crippen LogP contribution in [-0.2, 0) is 24.4 Å². The third-order valence-electron chi connectivity index (χ3n) is 6.73. The molecule has 2 aromatic heterocycles. The van der Waals surface area contributed by atoms with Gasteiger partial charge in [-0.2, -0.15) is 0 Å². The summed E-state index contributed by atoms with van der Waals surface area (Å²) < 4.78 is 16.6. The molecule has 0 amide bonds. The lowest BCUT2D eigenvalue weighted by atomic mass is 10.0. The lowest BCUT2D eigenvalue weighted by molar-refractivity contribution is -0.00302. The molecule has 0 spiro atoms. The van der Waals surface area contributed by atoms with Crippen molar-refractivity contribution >= 4 is 17.0 Å². The second kappa shape index (κ2) is 8.43. The molecular formula is C28H29N3O4. The Bertz CT molecular complexity index is 1550. The van der Waals surface area contributed by atoms with Gasteiger partial charge in [-0.25, -0.2) is 4.79 Å². The maximum absolute atomic E-state index is 13.6. The van der Waals surface area contributed by atoms with Crippen LogP contribution in [0.1, 0.15) is 31.2 Å². The van der Waals surface area contributed by atoms with Crippen molar-refractivity contribution in [3.05, 3.63) is 92.8 Å². The first kappa shape index (κ1) is 22.9. The van der Waals surface area contributed by atoms with E-state index < -0.39 is 11.6 Å². The number of aromatic nitrogens is 3. The fraction of sp³-hybridized carbons (Fsp3) is 0.286. The normalized spacial score (nSPS) is 17.1. The van der Waals surface area contributed by atoms with Crippen molar-refractivity contribution in [2.45, 2.75) is 25.5 Å². The van der Waals surface area contributed by atoms with Crippen LogP contribution < -0.4 is 16.0 Å². The smallest absolute Gasteiger partial charge is 0.331 e. The monoisotopic (exact) mass is 471 g/mol. The molecule has 1 atom stereocenters. The lowest BCUT2D eigenvalue weighted by Crippen LogP contribution is -2.39. The van der Waals surface area contributed by atoms with E-state index >= 15 is 0 Å². The SMILES string of the molecule is COc1ccc(-c2c3c(=O)n(C)c(=O)n(C)c3c3n2C(C)(C)CO[C@H]3/C=C/c2ccccc2)cc1. The molecule has 1 aliphatic heterocycles. The number of hydrogen-bond donors (Lipinski definition) is 0. The van der Waals surface area contributed by atoms with E-state index in [1.807, 2.05) is 66.7 Å². The molecule has 7 heteroatoms. The second-order valence-corrected chi connectivity index (χ2v) is 9.54. The van der Waals surface area contributed by atoms with Gasteiger partial charge in [-0.05, 0) is 55.3 Å². The highest BCUT2D eigenvalue weighted by Crippen LogP contribution is 2.44. The van der Waals surface area contributed by atoms with Crippen LogP contribution in [0.5, 0.6) is 5.75 Å². The van der Waals surface area contributed by atoms with Crippen LogP contribution in [0.3, 0.4) is 0 Å². The molecular weight excluding hydrogens is 442 g/mol. The molecule has 0 unspecified atom stereocenters. The van der Waals surface area contributed by atoms with E-state index in [0.29, 0.717) is 17.5 Å². The van der Waals surface area contributed by atoms with Gasteiger partial charge < -0.3 is 14.0 Å². The van der Waals surface area contributed by atoms with Crippen molar-refractivity contribution in [3.8, 4) is 17.0 Å². The summed E-state index contributed by atoms with van der Waals surface area (Å²) in [4.78, 5) is 26.6. The van der Waals surface area contributed by atoms with E-state index in [1.165, 1.54) is 11.6 Å². The van der Waals surface area contributed by atoms with Gasteiger partial charge in [-0.15, -0.1) is 0 Å². The summed E-state index contributed by atoms with van der Waals surface area (Å²) >= 11 is 0. The molecule has 0 radical (unpaired) electrons. The van der Waals surface area contributed by atoms with Crippen LogP contribution in [-0.4, -0.2) is 27.4 Å². The average molecular weight is 472 g/mol. The number of rotatable bonds is 4. The first-order chi connectivity index (χ1) is 16.7. The molecule has 0 aliphatic carbocycles. The number of methoxy groups -OCH3 is 1. The summed E-state index contributed by atoms with van der Waals surface area (Å²) in [5.74, 6) is 0.732. The highest BCUT2D eigenvalue weighted by molar-refractivity contribution is 5.96. The van der Waals surface area contributed by atoms with Crippen LogP contribution in [0.2, 0.25) is 0 Å². The van der Waals surface area contributed by atoms with Gasteiger partial charge in [0.25, 0.3) is 5.56 Å². The largest absolute Gasteiger partial charge is 0.497 e. The molecule has 0 saturated heterocycles. The predicted molar refractivity (Wildman–Crippen MR) is 138 cm³/mol. The van der Waals surface area contributed by atoms with Gasteiger partial charge in [0.1, 0.15) is 11.9 Å². The van der Waals surface area contributed by atoms with Gasteiger partial charge in [0.15, 0.2) is 0 Å². The van der Waals surface area contributed by atoms with Gasteiger partial charge in [0.05, 0.1) is 41.5 Å². The molecule has 1 aliphatic rings. The van der Waals surface area contributed by atoms with Gasteiger partial charge in [0, 0.05) is 14.1 Å². The van der Waals surface area contributed by atoms with Crippen LogP contribution in [0.25, 0.3) is 28.2 Å². The van der Waals surface area contributed by atoms with E-state index in [4.69, 9.17) is 9.47 Å². The number of benzene rings is 2. The maximum Gasteiger partial charge on any atom is 0.331 e. The maximum atomic E-state index is 13.6. The standard InChI is InChI=1S/C28H29N3O4/c1-28(2)17-35-21(16-11-18-9-7-6-8-10-18)24-25-22(26(32)30(4)27(33)29(25)3)23(31(24)28)19-12-14-20(34-5)15-13-19/h6-16,21H,17H2,1-5H3/b16-11+/t21-/m0/s1. The highest BCUT2D eigenvalue weighted by Gasteiger charge is 2.39. The summed E-state index contributed by atoms with van der Waals surface area (Å²) in [5, 5.41) is 0.506. The first-order valence-corrected chi connectivity index (χ1v) is 11.6. The minimum absolute atomic E-state index is 0.322. The van der Waals surface area contributed by atoms with Gasteiger partial charge in [-0.3, -0.25) is 13.9 Å². The Morgan fingerprint density at radius 1 is 1.00 bits per heavy atom. The number of hydrogen-bond acceptors (Lipinski definition) is 4. The molecule has 0 saturated carbocycles. The molecule has 7 nitrogen and oxygen atoms in total. The van der Waals surface area contributed by atoms with Gasteiger partial charge in [-0.1, -0.05) is 36.4 Å². The molecule has 0 fully saturated rings. The Morgan fingerprint density at radius 3 is 2.34 bits per heavy atom. The van der Waals surface area contributed by atoms with E-state index in [2.05, 4.69) is 18.4 Å². The van der Waals surface area contributed by atoms with Crippen LogP contribution >= 0.6 is 0 Å². The van der Waals surface area contributed by atoms with Crippen molar-refractivity contribution in [3.63, 3.8) is 0 Å². The van der Waals surface area contributed by atoms with Crippen molar-refractivity contribution in [2.75, 3.05) is 13.7 Å². The summed E-state index contributed by atoms with van der Waals surface area (Å²) in [5.41, 5.74) is 2.94. The Balaban J connectivity index is 1.88. The number of ether oxygens (including phenoxy) is 2. The predicted octanol–water partition coefficient (Wildman–Crippen LogP) is 4.23. The Morgan fingerprint density at radius 2 is 1.69 bits per heavy atom. The van der Waals surface area contributed by atoms with Crippen molar-refractivity contribution in [1.29, 1.82) is 0 Å². The van der Waals surface area contributed by atoms with Crippen molar-refractivity contribution in [1.82, 2.24) is 13.7 Å². The zero-order valence-electron chi connectivity index (χ0n) is 20.6. The minimum Gasteiger partial charge on any atom is -0.497 e. The van der Waals surface area contributed by atoms with E-state index in [9.17, 15) is 9.59 Å². The topological polar surface area (TPSA) is 67.4 Å².